The highest BCUT2D eigenvalue weighted by Gasteiger charge is 2.20. The van der Waals surface area contributed by atoms with Crippen LogP contribution in [0.5, 0.6) is 11.6 Å². The molecule has 0 atom stereocenters. The van der Waals surface area contributed by atoms with E-state index in [4.69, 9.17) is 21.7 Å². The normalized spacial score (nSPS) is 11.2. The average Bonchev–Trinajstić information content (AvgIpc) is 3.19. The molecule has 0 bridgehead atoms. The van der Waals surface area contributed by atoms with Crippen LogP contribution in [-0.4, -0.2) is 33.4 Å². The van der Waals surface area contributed by atoms with E-state index < -0.39 is 17.5 Å². The van der Waals surface area contributed by atoms with Crippen LogP contribution in [-0.2, 0) is 11.3 Å². The second-order valence-corrected chi connectivity index (χ2v) is 8.57. The molecular weight excluding hydrogens is 510 g/mol. The summed E-state index contributed by atoms with van der Waals surface area (Å²) in [6.45, 7) is 0.0412. The molecule has 0 spiro atoms. The lowest BCUT2D eigenvalue weighted by Crippen LogP contribution is -2.21. The number of nitroso groups, excluding NO2 is 1. The minimum Gasteiger partial charge on any atom is -0.497 e. The third-order valence-corrected chi connectivity index (χ3v) is 5.88. The van der Waals surface area contributed by atoms with Crippen LogP contribution in [0.3, 0.4) is 0 Å². The number of benzene rings is 3. The Morgan fingerprint density at radius 1 is 1.16 bits per heavy atom. The zero-order valence-electron chi connectivity index (χ0n) is 20.1. The molecule has 192 valence electrons. The van der Waals surface area contributed by atoms with Gasteiger partial charge in [-0.15, -0.1) is 4.91 Å². The van der Waals surface area contributed by atoms with Crippen LogP contribution in [0.4, 0.5) is 11.4 Å². The first-order valence-electron chi connectivity index (χ1n) is 11.2. The van der Waals surface area contributed by atoms with Gasteiger partial charge in [0, 0.05) is 16.3 Å². The Hall–Kier alpha value is -4.96. The molecule has 4 N–H and O–H groups in total. The van der Waals surface area contributed by atoms with Gasteiger partial charge in [0.1, 0.15) is 17.1 Å². The summed E-state index contributed by atoms with van der Waals surface area (Å²) in [6.07, 6.45) is 1.23. The zero-order valence-corrected chi connectivity index (χ0v) is 20.8. The van der Waals surface area contributed by atoms with Gasteiger partial charge in [0.05, 0.1) is 24.9 Å². The van der Waals surface area contributed by atoms with Gasteiger partial charge in [0.15, 0.2) is 0 Å². The number of methoxy groups -OCH3 is 1. The Morgan fingerprint density at radius 2 is 1.87 bits per heavy atom. The summed E-state index contributed by atoms with van der Waals surface area (Å²) in [6, 6.07) is 19.2. The third kappa shape index (κ3) is 5.88. The second-order valence-electron chi connectivity index (χ2n) is 8.14. The standard InChI is InChI=1S/C27H22ClN5O5/c1-38-21-4-2-3-16(13-21)15-33-26(35)23(31-27(33)36)14-22(24(29)17-5-7-18(28)8-6-17)25(34)30-19-9-11-20(32-37)12-10-19/h2-14,29,35H,15H2,1H3,(H,30,34)(H,31,36)/b22-14-,29-24?. The van der Waals surface area contributed by atoms with Crippen LogP contribution in [0.2, 0.25) is 5.02 Å². The Kier molecular flexibility index (Phi) is 7.83. The first-order valence-corrected chi connectivity index (χ1v) is 11.6. The van der Waals surface area contributed by atoms with E-state index in [1.165, 1.54) is 37.5 Å². The highest BCUT2D eigenvalue weighted by molar-refractivity contribution is 6.33. The fourth-order valence-electron chi connectivity index (χ4n) is 3.65. The van der Waals surface area contributed by atoms with Gasteiger partial charge < -0.3 is 20.1 Å². The monoisotopic (exact) mass is 531 g/mol. The van der Waals surface area contributed by atoms with Crippen LogP contribution in [0, 0.1) is 10.3 Å². The number of nitrogens with one attached hydrogen (secondary N) is 3. The summed E-state index contributed by atoms with van der Waals surface area (Å²) in [5.41, 5.74) is 0.651. The van der Waals surface area contributed by atoms with Crippen molar-refractivity contribution in [2.45, 2.75) is 6.54 Å². The summed E-state index contributed by atoms with van der Waals surface area (Å²) in [4.78, 5) is 39.2. The number of nitrogens with zero attached hydrogens (tertiary/aromatic N) is 2. The predicted octanol–water partition coefficient (Wildman–Crippen LogP) is 5.08. The number of H-pyrrole nitrogens is 1. The number of halogens is 1. The largest absolute Gasteiger partial charge is 0.497 e. The number of aromatic hydroxyl groups is 1. The van der Waals surface area contributed by atoms with Crippen molar-refractivity contribution in [2.75, 3.05) is 12.4 Å². The van der Waals surface area contributed by atoms with Crippen LogP contribution < -0.4 is 15.7 Å². The van der Waals surface area contributed by atoms with Gasteiger partial charge in [0.25, 0.3) is 5.91 Å². The molecule has 0 saturated heterocycles. The third-order valence-electron chi connectivity index (χ3n) is 5.62. The molecular formula is C27H22ClN5O5. The van der Waals surface area contributed by atoms with E-state index in [0.717, 1.165) is 4.57 Å². The quantitative estimate of drug-likeness (QED) is 0.135. The van der Waals surface area contributed by atoms with Gasteiger partial charge >= 0.3 is 5.69 Å². The van der Waals surface area contributed by atoms with Crippen molar-refractivity contribution in [3.05, 3.63) is 116 Å². The molecule has 11 heteroatoms. The number of anilines is 1. The molecule has 0 unspecified atom stereocenters. The van der Waals surface area contributed by atoms with E-state index in [1.54, 1.807) is 48.5 Å². The van der Waals surface area contributed by atoms with Crippen molar-refractivity contribution in [2.24, 2.45) is 5.18 Å². The van der Waals surface area contributed by atoms with Gasteiger partial charge in [-0.1, -0.05) is 35.9 Å². The lowest BCUT2D eigenvalue weighted by atomic mass is 10.0. The first kappa shape index (κ1) is 26.1. The van der Waals surface area contributed by atoms with Crippen molar-refractivity contribution >= 4 is 40.7 Å². The van der Waals surface area contributed by atoms with Crippen LogP contribution in [0.25, 0.3) is 6.08 Å². The fraction of sp³-hybridized carbons (Fsp3) is 0.0741. The molecule has 0 saturated carbocycles. The first-order chi connectivity index (χ1) is 18.3. The van der Waals surface area contributed by atoms with Gasteiger partial charge in [-0.3, -0.25) is 14.8 Å². The number of imidazole rings is 1. The lowest BCUT2D eigenvalue weighted by molar-refractivity contribution is -0.112. The highest BCUT2D eigenvalue weighted by atomic mass is 35.5. The Balaban J connectivity index is 1.72. The van der Waals surface area contributed by atoms with Crippen LogP contribution in [0.1, 0.15) is 16.8 Å². The molecule has 1 amide bonds. The molecule has 38 heavy (non-hydrogen) atoms. The number of carbonyl (C=O) groups excluding carboxylic acids is 1. The zero-order chi connectivity index (χ0) is 27.2. The molecule has 0 radical (unpaired) electrons. The van der Waals surface area contributed by atoms with Crippen molar-refractivity contribution in [1.82, 2.24) is 9.55 Å². The minimum atomic E-state index is -0.683. The average molecular weight is 532 g/mol. The number of ether oxygens (including phenoxy) is 1. The number of carbonyl (C=O) groups is 1. The SMILES string of the molecule is COc1cccc(Cn2c(O)c(/C=C(/C(=N)c3ccc(Cl)cc3)C(=O)Nc3ccc(N=O)cc3)[nH]c2=O)c1. The summed E-state index contributed by atoms with van der Waals surface area (Å²) in [5.74, 6) is -0.496. The Labute approximate surface area is 221 Å². The van der Waals surface area contributed by atoms with E-state index in [-0.39, 0.29) is 29.2 Å². The minimum absolute atomic E-state index is 0.0412. The Bertz CT molecular complexity index is 1590. The molecule has 0 aliphatic carbocycles. The molecule has 0 aliphatic heterocycles. The van der Waals surface area contributed by atoms with Crippen molar-refractivity contribution < 1.29 is 14.6 Å². The fourth-order valence-corrected chi connectivity index (χ4v) is 3.78. The van der Waals surface area contributed by atoms with Gasteiger partial charge in [-0.05, 0) is 65.3 Å². The highest BCUT2D eigenvalue weighted by Crippen LogP contribution is 2.23. The maximum Gasteiger partial charge on any atom is 0.329 e. The summed E-state index contributed by atoms with van der Waals surface area (Å²) < 4.78 is 6.31. The molecule has 0 aliphatic rings. The van der Waals surface area contributed by atoms with Gasteiger partial charge in [-0.2, -0.15) is 0 Å². The van der Waals surface area contributed by atoms with Gasteiger partial charge in [0.2, 0.25) is 5.88 Å². The molecule has 3 aromatic carbocycles. The molecule has 10 nitrogen and oxygen atoms in total. The molecule has 1 heterocycles. The van der Waals surface area contributed by atoms with E-state index in [9.17, 15) is 19.6 Å². The number of hydrogen-bond donors (Lipinski definition) is 4. The van der Waals surface area contributed by atoms with Crippen molar-refractivity contribution in [1.29, 1.82) is 5.41 Å². The smallest absolute Gasteiger partial charge is 0.329 e. The van der Waals surface area contributed by atoms with E-state index in [0.29, 0.717) is 27.6 Å². The second kappa shape index (κ2) is 11.4. The van der Waals surface area contributed by atoms with E-state index >= 15 is 0 Å². The number of aromatic amines is 1. The predicted molar refractivity (Wildman–Crippen MR) is 146 cm³/mol. The molecule has 0 fully saturated rings. The topological polar surface area (TPSA) is 150 Å². The number of amides is 1. The number of rotatable bonds is 9. The Morgan fingerprint density at radius 3 is 2.53 bits per heavy atom. The number of aromatic nitrogens is 2. The van der Waals surface area contributed by atoms with Crippen molar-refractivity contribution in [3.8, 4) is 11.6 Å². The van der Waals surface area contributed by atoms with Crippen LogP contribution in [0.15, 0.2) is 88.3 Å². The summed E-state index contributed by atoms with van der Waals surface area (Å²) >= 11 is 5.97. The maximum absolute atomic E-state index is 13.3. The summed E-state index contributed by atoms with van der Waals surface area (Å²) in [7, 11) is 1.53. The van der Waals surface area contributed by atoms with Gasteiger partial charge in [-0.25, -0.2) is 4.79 Å². The molecule has 1 aromatic heterocycles. The van der Waals surface area contributed by atoms with Crippen molar-refractivity contribution in [3.63, 3.8) is 0 Å². The summed E-state index contributed by atoms with van der Waals surface area (Å²) in [5, 5.41) is 25.5. The van der Waals surface area contributed by atoms with Crippen LogP contribution >= 0.6 is 11.6 Å². The molecule has 4 rings (SSSR count). The van der Waals surface area contributed by atoms with E-state index in [2.05, 4.69) is 15.5 Å². The number of hydrogen-bond acceptors (Lipinski definition) is 7. The van der Waals surface area contributed by atoms with E-state index in [1.807, 2.05) is 0 Å². The maximum atomic E-state index is 13.3. The molecule has 4 aromatic rings. The lowest BCUT2D eigenvalue weighted by Gasteiger charge is -2.11.